The highest BCUT2D eigenvalue weighted by atomic mass is 19.1. The lowest BCUT2D eigenvalue weighted by Crippen LogP contribution is -2.41. The number of nitrogens with one attached hydrogen (secondary N) is 2. The Morgan fingerprint density at radius 2 is 1.84 bits per heavy atom. The van der Waals surface area contributed by atoms with E-state index in [-0.39, 0.29) is 17.6 Å². The number of aromatic nitrogens is 3. The quantitative estimate of drug-likeness (QED) is 0.220. The van der Waals surface area contributed by atoms with Crippen LogP contribution < -0.4 is 25.0 Å². The van der Waals surface area contributed by atoms with Gasteiger partial charge in [0, 0.05) is 62.0 Å². The first kappa shape index (κ1) is 29.2. The molecule has 0 unspecified atom stereocenters. The van der Waals surface area contributed by atoms with Gasteiger partial charge >= 0.3 is 0 Å². The molecule has 2 fully saturated rings. The predicted molar refractivity (Wildman–Crippen MR) is 169 cm³/mol. The highest BCUT2D eigenvalue weighted by Crippen LogP contribution is 2.35. The van der Waals surface area contributed by atoms with E-state index in [0.29, 0.717) is 53.0 Å². The van der Waals surface area contributed by atoms with Gasteiger partial charge in [0.25, 0.3) is 0 Å². The standard InChI is InChI=1S/C33H36FN7O3/c1-4-32(42)40-13-9-22(10-14-40)38-29-17-25-28(18-30(29)43-3)36-20-37-33(25)39-27-6-5-23(15-26(27)34)44-24-7-11-35-31(16-24)41-12-8-21(2)19-41/h4-7,11,15-18,20-22,38H,1,8-10,12-14,19H2,2-3H3,(H,36,37,39)/t21-/m1/s1. The van der Waals surface area contributed by atoms with Crippen LogP contribution in [0.2, 0.25) is 0 Å². The molecule has 228 valence electrons. The number of fused-ring (bicyclic) bond motifs is 1. The molecule has 0 aliphatic carbocycles. The van der Waals surface area contributed by atoms with E-state index in [1.54, 1.807) is 36.4 Å². The molecule has 1 amide bonds. The van der Waals surface area contributed by atoms with Crippen LogP contribution in [0, 0.1) is 11.7 Å². The van der Waals surface area contributed by atoms with Gasteiger partial charge in [-0.2, -0.15) is 0 Å². The van der Waals surface area contributed by atoms with Crippen molar-refractivity contribution in [3.8, 4) is 17.2 Å². The molecular formula is C33H36FN7O3. The van der Waals surface area contributed by atoms with E-state index >= 15 is 4.39 Å². The number of anilines is 4. The van der Waals surface area contributed by atoms with Crippen LogP contribution in [-0.2, 0) is 4.79 Å². The minimum Gasteiger partial charge on any atom is -0.495 e. The SMILES string of the molecule is C=CC(=O)N1CCC(Nc2cc3c(Nc4ccc(Oc5ccnc(N6CC[C@@H](C)C6)c5)cc4F)ncnc3cc2OC)CC1. The molecule has 0 radical (unpaired) electrons. The molecule has 6 rings (SSSR count). The molecule has 2 N–H and O–H groups in total. The van der Waals surface area contributed by atoms with Crippen molar-refractivity contribution in [3.05, 3.63) is 73.5 Å². The van der Waals surface area contributed by atoms with Crippen molar-refractivity contribution in [2.75, 3.05) is 48.8 Å². The lowest BCUT2D eigenvalue weighted by Gasteiger charge is -2.32. The van der Waals surface area contributed by atoms with Gasteiger partial charge in [0.15, 0.2) is 0 Å². The van der Waals surface area contributed by atoms with Gasteiger partial charge in [-0.05, 0) is 55.5 Å². The van der Waals surface area contributed by atoms with Gasteiger partial charge < -0.3 is 29.9 Å². The summed E-state index contributed by atoms with van der Waals surface area (Å²) < 4.78 is 27.0. The topological polar surface area (TPSA) is 105 Å². The Bertz CT molecular complexity index is 1680. The van der Waals surface area contributed by atoms with Crippen LogP contribution in [0.3, 0.4) is 0 Å². The van der Waals surface area contributed by atoms with E-state index in [9.17, 15) is 4.79 Å². The zero-order valence-electron chi connectivity index (χ0n) is 24.9. The number of piperidine rings is 1. The lowest BCUT2D eigenvalue weighted by atomic mass is 10.0. The highest BCUT2D eigenvalue weighted by Gasteiger charge is 2.23. The molecule has 4 aromatic rings. The number of methoxy groups -OCH3 is 1. The van der Waals surface area contributed by atoms with Gasteiger partial charge in [-0.3, -0.25) is 4.79 Å². The number of halogens is 1. The molecule has 11 heteroatoms. The number of hydrogen-bond acceptors (Lipinski definition) is 9. The molecular weight excluding hydrogens is 561 g/mol. The first-order chi connectivity index (χ1) is 21.4. The van der Waals surface area contributed by atoms with E-state index in [1.807, 2.05) is 18.2 Å². The summed E-state index contributed by atoms with van der Waals surface area (Å²) in [6, 6.07) is 12.2. The van der Waals surface area contributed by atoms with Crippen molar-refractivity contribution in [1.82, 2.24) is 19.9 Å². The van der Waals surface area contributed by atoms with E-state index in [0.717, 1.165) is 43.9 Å². The fourth-order valence-electron chi connectivity index (χ4n) is 5.76. The maximum Gasteiger partial charge on any atom is 0.245 e. The average Bonchev–Trinajstić information content (AvgIpc) is 3.48. The van der Waals surface area contributed by atoms with Crippen LogP contribution in [0.5, 0.6) is 17.2 Å². The maximum atomic E-state index is 15.4. The van der Waals surface area contributed by atoms with E-state index < -0.39 is 5.82 Å². The Labute approximate surface area is 255 Å². The van der Waals surface area contributed by atoms with Crippen LogP contribution in [0.25, 0.3) is 10.9 Å². The number of likely N-dealkylation sites (tertiary alicyclic amines) is 1. The van der Waals surface area contributed by atoms with Gasteiger partial charge in [-0.1, -0.05) is 13.5 Å². The molecule has 10 nitrogen and oxygen atoms in total. The van der Waals surface area contributed by atoms with Gasteiger partial charge in [-0.25, -0.2) is 19.3 Å². The van der Waals surface area contributed by atoms with E-state index in [1.165, 1.54) is 18.5 Å². The number of amides is 1. The summed E-state index contributed by atoms with van der Waals surface area (Å²) in [5.41, 5.74) is 1.68. The van der Waals surface area contributed by atoms with Crippen molar-refractivity contribution in [2.24, 2.45) is 5.92 Å². The molecule has 2 aliphatic rings. The Morgan fingerprint density at radius 1 is 1.02 bits per heavy atom. The predicted octanol–water partition coefficient (Wildman–Crippen LogP) is 6.14. The van der Waals surface area contributed by atoms with Crippen molar-refractivity contribution in [1.29, 1.82) is 0 Å². The molecule has 0 spiro atoms. The number of hydrogen-bond donors (Lipinski definition) is 2. The normalized spacial score (nSPS) is 17.0. The second-order valence-corrected chi connectivity index (χ2v) is 11.3. The van der Waals surface area contributed by atoms with Crippen LogP contribution >= 0.6 is 0 Å². The summed E-state index contributed by atoms with van der Waals surface area (Å²) in [5.74, 6) is 3.03. The summed E-state index contributed by atoms with van der Waals surface area (Å²) in [4.78, 5) is 29.3. The van der Waals surface area contributed by atoms with E-state index in [4.69, 9.17) is 9.47 Å². The summed E-state index contributed by atoms with van der Waals surface area (Å²) in [5, 5.41) is 7.39. The van der Waals surface area contributed by atoms with Crippen LogP contribution in [0.4, 0.5) is 27.4 Å². The summed E-state index contributed by atoms with van der Waals surface area (Å²) in [6.45, 7) is 9.03. The minimum absolute atomic E-state index is 0.0508. The monoisotopic (exact) mass is 597 g/mol. The zero-order chi connectivity index (χ0) is 30.6. The second-order valence-electron chi connectivity index (χ2n) is 11.3. The number of carbonyl (C=O) groups is 1. The Morgan fingerprint density at radius 3 is 2.57 bits per heavy atom. The number of benzene rings is 2. The highest BCUT2D eigenvalue weighted by molar-refractivity contribution is 5.95. The van der Waals surface area contributed by atoms with Gasteiger partial charge in [0.2, 0.25) is 5.91 Å². The second kappa shape index (κ2) is 12.7. The molecule has 1 atom stereocenters. The minimum atomic E-state index is -0.482. The summed E-state index contributed by atoms with van der Waals surface area (Å²) in [6.07, 6.45) is 7.21. The number of ether oxygens (including phenoxy) is 2. The maximum absolute atomic E-state index is 15.4. The zero-order valence-corrected chi connectivity index (χ0v) is 24.9. The van der Waals surface area contributed by atoms with E-state index in [2.05, 4.69) is 44.0 Å². The third-order valence-corrected chi connectivity index (χ3v) is 8.19. The molecule has 2 aromatic heterocycles. The molecule has 0 saturated carbocycles. The molecule has 4 heterocycles. The smallest absolute Gasteiger partial charge is 0.245 e. The van der Waals surface area contributed by atoms with Crippen LogP contribution in [-0.4, -0.2) is 65.1 Å². The Kier molecular flexibility index (Phi) is 8.44. The number of nitrogens with zero attached hydrogens (tertiary/aromatic N) is 5. The fraction of sp³-hybridized carbons (Fsp3) is 0.333. The number of rotatable bonds is 9. The third kappa shape index (κ3) is 6.36. The lowest BCUT2D eigenvalue weighted by molar-refractivity contribution is -0.126. The first-order valence-corrected chi connectivity index (χ1v) is 14.9. The van der Waals surface area contributed by atoms with Crippen molar-refractivity contribution >= 4 is 39.8 Å². The molecule has 44 heavy (non-hydrogen) atoms. The van der Waals surface area contributed by atoms with Crippen LogP contribution in [0.1, 0.15) is 26.2 Å². The number of pyridine rings is 1. The summed E-state index contributed by atoms with van der Waals surface area (Å²) >= 11 is 0. The molecule has 2 aliphatic heterocycles. The van der Waals surface area contributed by atoms with Crippen molar-refractivity contribution in [2.45, 2.75) is 32.2 Å². The Balaban J connectivity index is 1.18. The van der Waals surface area contributed by atoms with Gasteiger partial charge in [-0.15, -0.1) is 0 Å². The molecule has 2 saturated heterocycles. The summed E-state index contributed by atoms with van der Waals surface area (Å²) in [7, 11) is 1.61. The largest absolute Gasteiger partial charge is 0.495 e. The third-order valence-electron chi connectivity index (χ3n) is 8.19. The Hall–Kier alpha value is -4.93. The van der Waals surface area contributed by atoms with Gasteiger partial charge in [0.1, 0.15) is 41.0 Å². The molecule has 2 aromatic carbocycles. The van der Waals surface area contributed by atoms with Crippen molar-refractivity contribution < 1.29 is 18.7 Å². The first-order valence-electron chi connectivity index (χ1n) is 14.9. The fourth-order valence-corrected chi connectivity index (χ4v) is 5.76. The number of carbonyl (C=O) groups excluding carboxylic acids is 1. The van der Waals surface area contributed by atoms with Crippen LogP contribution in [0.15, 0.2) is 67.6 Å². The molecule has 0 bridgehead atoms. The average molecular weight is 598 g/mol. The van der Waals surface area contributed by atoms with Gasteiger partial charge in [0.05, 0.1) is 24.0 Å². The van der Waals surface area contributed by atoms with Crippen molar-refractivity contribution in [3.63, 3.8) is 0 Å².